The van der Waals surface area contributed by atoms with Crippen LogP contribution in [0.2, 0.25) is 0 Å². The van der Waals surface area contributed by atoms with E-state index in [9.17, 15) is 8.42 Å². The van der Waals surface area contributed by atoms with Gasteiger partial charge in [0.1, 0.15) is 9.84 Å². The van der Waals surface area contributed by atoms with Crippen LogP contribution in [0.25, 0.3) is 0 Å². The fourth-order valence-electron chi connectivity index (χ4n) is 1.44. The first-order chi connectivity index (χ1) is 8.33. The van der Waals surface area contributed by atoms with Crippen molar-refractivity contribution in [3.63, 3.8) is 0 Å². The van der Waals surface area contributed by atoms with Crippen molar-refractivity contribution in [1.29, 1.82) is 0 Å². The Balaban J connectivity index is 2.68. The van der Waals surface area contributed by atoms with Gasteiger partial charge in [-0.05, 0) is 34.5 Å². The lowest BCUT2D eigenvalue weighted by molar-refractivity contribution is 0.603. The molecule has 0 aliphatic carbocycles. The summed E-state index contributed by atoms with van der Waals surface area (Å²) in [7, 11) is -2.90. The summed E-state index contributed by atoms with van der Waals surface area (Å²) in [6.07, 6.45) is 2.15. The van der Waals surface area contributed by atoms with Crippen molar-refractivity contribution < 1.29 is 8.42 Å². The summed E-state index contributed by atoms with van der Waals surface area (Å²) in [5.41, 5.74) is 6.13. The first-order valence-electron chi connectivity index (χ1n) is 5.63. The molecule has 1 aromatic heterocycles. The van der Waals surface area contributed by atoms with Crippen molar-refractivity contribution in [3.05, 3.63) is 20.8 Å². The molecule has 0 aliphatic rings. The number of rotatable bonds is 7. The minimum Gasteiger partial charge on any atom is -0.326 e. The number of sulfone groups is 1. The number of hydrogen-bond acceptors (Lipinski definition) is 5. The third-order valence-electron chi connectivity index (χ3n) is 2.49. The highest BCUT2D eigenvalue weighted by Gasteiger charge is 2.21. The highest BCUT2D eigenvalue weighted by atomic mass is 79.9. The van der Waals surface area contributed by atoms with Gasteiger partial charge in [-0.3, -0.25) is 0 Å². The van der Waals surface area contributed by atoms with E-state index < -0.39 is 9.84 Å². The Labute approximate surface area is 126 Å². The van der Waals surface area contributed by atoms with E-state index in [-0.39, 0.29) is 17.0 Å². The topological polar surface area (TPSA) is 60.2 Å². The van der Waals surface area contributed by atoms with E-state index in [0.717, 1.165) is 10.2 Å². The molecule has 0 aliphatic heterocycles. The predicted octanol–water partition coefficient (Wildman–Crippen LogP) is 3.07. The zero-order valence-electron chi connectivity index (χ0n) is 10.4. The van der Waals surface area contributed by atoms with E-state index in [1.165, 1.54) is 11.1 Å². The lowest BCUT2D eigenvalue weighted by atomic mass is 10.1. The van der Waals surface area contributed by atoms with E-state index in [2.05, 4.69) is 28.9 Å². The second-order valence-electron chi connectivity index (χ2n) is 4.14. The summed E-state index contributed by atoms with van der Waals surface area (Å²) in [6, 6.07) is 4.12. The first kappa shape index (κ1) is 16.5. The van der Waals surface area contributed by atoms with Gasteiger partial charge in [-0.1, -0.05) is 6.92 Å². The molecule has 7 heteroatoms. The Morgan fingerprint density at radius 1 is 1.50 bits per heavy atom. The Hall–Kier alpha value is 0.440. The van der Waals surface area contributed by atoms with Crippen LogP contribution in [-0.2, 0) is 9.84 Å². The number of thioether (sulfide) groups is 1. The van der Waals surface area contributed by atoms with Gasteiger partial charge in [-0.2, -0.15) is 11.8 Å². The van der Waals surface area contributed by atoms with Crippen LogP contribution in [0.3, 0.4) is 0 Å². The number of halogens is 1. The molecule has 0 amide bonds. The fraction of sp³-hybridized carbons (Fsp3) is 0.636. The van der Waals surface area contributed by atoms with Crippen LogP contribution in [0.4, 0.5) is 0 Å². The van der Waals surface area contributed by atoms with Gasteiger partial charge in [0.2, 0.25) is 0 Å². The van der Waals surface area contributed by atoms with E-state index in [4.69, 9.17) is 5.73 Å². The normalized spacial score (nSPS) is 15.6. The molecule has 0 aromatic carbocycles. The molecule has 0 saturated carbocycles. The average Bonchev–Trinajstić information content (AvgIpc) is 2.68. The molecule has 2 atom stereocenters. The van der Waals surface area contributed by atoms with Crippen LogP contribution in [0.15, 0.2) is 15.9 Å². The second kappa shape index (κ2) is 7.28. The van der Waals surface area contributed by atoms with Crippen molar-refractivity contribution in [2.45, 2.75) is 24.6 Å². The molecule has 0 saturated heterocycles. The maximum Gasteiger partial charge on any atom is 0.148 e. The first-order valence-corrected chi connectivity index (χ1v) is 10.4. The quantitative estimate of drug-likeness (QED) is 0.799. The zero-order chi connectivity index (χ0) is 13.8. The summed E-state index contributed by atoms with van der Waals surface area (Å²) < 4.78 is 23.4. The zero-order valence-corrected chi connectivity index (χ0v) is 14.5. The van der Waals surface area contributed by atoms with Gasteiger partial charge >= 0.3 is 0 Å². The van der Waals surface area contributed by atoms with Crippen molar-refractivity contribution in [1.82, 2.24) is 0 Å². The minimum atomic E-state index is -2.90. The molecule has 18 heavy (non-hydrogen) atoms. The molecule has 0 fully saturated rings. The maximum atomic E-state index is 11.1. The lowest BCUT2D eigenvalue weighted by Gasteiger charge is -2.21. The molecule has 1 heterocycles. The third-order valence-corrected chi connectivity index (χ3v) is 6.95. The molecular weight excluding hydrogens is 354 g/mol. The molecule has 0 radical (unpaired) electrons. The Morgan fingerprint density at radius 3 is 2.61 bits per heavy atom. The third kappa shape index (κ3) is 5.61. The standard InChI is InChI=1S/C11H18BrNO2S3/c1-3-8(13)11(9-4-5-10(12)17-9)16-6-7-18(2,14)15/h4-5,8,11H,3,6-7,13H2,1-2H3. The summed E-state index contributed by atoms with van der Waals surface area (Å²) in [6.45, 7) is 2.05. The van der Waals surface area contributed by atoms with Gasteiger partial charge in [0.25, 0.3) is 0 Å². The summed E-state index contributed by atoms with van der Waals surface area (Å²) >= 11 is 6.74. The Morgan fingerprint density at radius 2 is 2.17 bits per heavy atom. The molecular formula is C11H18BrNO2S3. The van der Waals surface area contributed by atoms with Gasteiger partial charge in [-0.25, -0.2) is 8.42 Å². The van der Waals surface area contributed by atoms with Gasteiger partial charge < -0.3 is 5.73 Å². The van der Waals surface area contributed by atoms with E-state index in [0.29, 0.717) is 5.75 Å². The minimum absolute atomic E-state index is 0.0557. The summed E-state index contributed by atoms with van der Waals surface area (Å²) in [5, 5.41) is 0.174. The molecule has 0 spiro atoms. The van der Waals surface area contributed by atoms with Crippen molar-refractivity contribution in [2.24, 2.45) is 5.73 Å². The van der Waals surface area contributed by atoms with Crippen LogP contribution in [0, 0.1) is 0 Å². The van der Waals surface area contributed by atoms with Crippen LogP contribution in [0.1, 0.15) is 23.5 Å². The van der Waals surface area contributed by atoms with Gasteiger partial charge in [-0.15, -0.1) is 11.3 Å². The van der Waals surface area contributed by atoms with Crippen LogP contribution < -0.4 is 5.73 Å². The number of thiophene rings is 1. The molecule has 0 bridgehead atoms. The highest BCUT2D eigenvalue weighted by Crippen LogP contribution is 2.38. The number of hydrogen-bond donors (Lipinski definition) is 1. The van der Waals surface area contributed by atoms with E-state index in [1.807, 2.05) is 6.07 Å². The maximum absolute atomic E-state index is 11.1. The smallest absolute Gasteiger partial charge is 0.148 e. The molecule has 2 N–H and O–H groups in total. The van der Waals surface area contributed by atoms with Crippen LogP contribution >= 0.6 is 39.0 Å². The van der Waals surface area contributed by atoms with Crippen LogP contribution in [0.5, 0.6) is 0 Å². The largest absolute Gasteiger partial charge is 0.326 e. The lowest BCUT2D eigenvalue weighted by Crippen LogP contribution is -2.25. The van der Waals surface area contributed by atoms with E-state index >= 15 is 0 Å². The van der Waals surface area contributed by atoms with Gasteiger partial charge in [0.05, 0.1) is 14.8 Å². The van der Waals surface area contributed by atoms with Gasteiger partial charge in [0.15, 0.2) is 0 Å². The molecule has 104 valence electrons. The Kier molecular flexibility index (Phi) is 6.67. The van der Waals surface area contributed by atoms with E-state index in [1.54, 1.807) is 23.1 Å². The molecule has 2 unspecified atom stereocenters. The van der Waals surface area contributed by atoms with Gasteiger partial charge in [0, 0.05) is 22.9 Å². The average molecular weight is 372 g/mol. The SMILES string of the molecule is CCC(N)C(SCCS(C)(=O)=O)c1ccc(Br)s1. The molecule has 3 nitrogen and oxygen atoms in total. The summed E-state index contributed by atoms with van der Waals surface area (Å²) in [4.78, 5) is 1.20. The molecule has 1 aromatic rings. The number of nitrogens with two attached hydrogens (primary N) is 1. The predicted molar refractivity (Wildman–Crippen MR) is 85.2 cm³/mol. The van der Waals surface area contributed by atoms with Crippen LogP contribution in [-0.4, -0.2) is 32.2 Å². The Bertz CT molecular complexity index is 472. The fourth-order valence-corrected chi connectivity index (χ4v) is 5.80. The van der Waals surface area contributed by atoms with Crippen molar-refractivity contribution in [3.8, 4) is 0 Å². The highest BCUT2D eigenvalue weighted by molar-refractivity contribution is 9.11. The summed E-state index contributed by atoms with van der Waals surface area (Å²) in [5.74, 6) is 0.796. The monoisotopic (exact) mass is 371 g/mol. The van der Waals surface area contributed by atoms with Crippen molar-refractivity contribution >= 4 is 48.9 Å². The second-order valence-corrected chi connectivity index (χ2v) is 10.1. The molecule has 1 rings (SSSR count). The van der Waals surface area contributed by atoms with Crippen molar-refractivity contribution in [2.75, 3.05) is 17.8 Å².